The van der Waals surface area contributed by atoms with E-state index < -0.39 is 17.7 Å². The number of hydrogen-bond acceptors (Lipinski definition) is 9. The number of aromatic nitrogens is 3. The Hall–Kier alpha value is -4.65. The van der Waals surface area contributed by atoms with Crippen molar-refractivity contribution in [3.8, 4) is 22.6 Å². The van der Waals surface area contributed by atoms with Crippen molar-refractivity contribution in [2.75, 3.05) is 24.5 Å². The Bertz CT molecular complexity index is 1340. The molecule has 3 aromatic rings. The number of anilines is 3. The van der Waals surface area contributed by atoms with E-state index in [4.69, 9.17) is 15.3 Å². The average molecular weight is 516 g/mol. The molecule has 0 aliphatic rings. The predicted molar refractivity (Wildman–Crippen MR) is 131 cm³/mol. The SMILES string of the molecule is C=C(/C=C(/C)N(N)c1nc(Nc2cc(OC)cc(OC)c2)ncc1-c1cncc(C(=O)O)c1)C(F)(F)F. The van der Waals surface area contributed by atoms with Gasteiger partial charge in [-0.1, -0.05) is 6.58 Å². The maximum Gasteiger partial charge on any atom is 0.415 e. The van der Waals surface area contributed by atoms with E-state index in [0.29, 0.717) is 17.2 Å². The maximum absolute atomic E-state index is 13.0. The lowest BCUT2D eigenvalue weighted by Gasteiger charge is -2.22. The summed E-state index contributed by atoms with van der Waals surface area (Å²) < 4.78 is 49.6. The number of hydrazine groups is 1. The largest absolute Gasteiger partial charge is 0.497 e. The Kier molecular flexibility index (Phi) is 7.98. The van der Waals surface area contributed by atoms with Gasteiger partial charge in [-0.25, -0.2) is 15.6 Å². The van der Waals surface area contributed by atoms with Gasteiger partial charge >= 0.3 is 12.1 Å². The van der Waals surface area contributed by atoms with Crippen LogP contribution in [0, 0.1) is 0 Å². The molecule has 2 heterocycles. The third-order valence-electron chi connectivity index (χ3n) is 5.03. The van der Waals surface area contributed by atoms with E-state index in [1.165, 1.54) is 39.6 Å². The molecule has 0 aliphatic carbocycles. The number of ether oxygens (including phenoxy) is 2. The van der Waals surface area contributed by atoms with Gasteiger partial charge in [0, 0.05) is 59.3 Å². The fourth-order valence-corrected chi connectivity index (χ4v) is 3.10. The molecular formula is C24H23F3N6O4. The van der Waals surface area contributed by atoms with Gasteiger partial charge in [0.25, 0.3) is 0 Å². The summed E-state index contributed by atoms with van der Waals surface area (Å²) in [6, 6.07) is 6.28. The van der Waals surface area contributed by atoms with Crippen LogP contribution in [0.15, 0.2) is 66.8 Å². The van der Waals surface area contributed by atoms with Gasteiger partial charge in [-0.15, -0.1) is 0 Å². The van der Waals surface area contributed by atoms with E-state index in [1.54, 1.807) is 18.2 Å². The number of benzene rings is 1. The van der Waals surface area contributed by atoms with Crippen LogP contribution in [0.2, 0.25) is 0 Å². The van der Waals surface area contributed by atoms with Crippen molar-refractivity contribution in [2.24, 2.45) is 5.84 Å². The van der Waals surface area contributed by atoms with E-state index in [1.807, 2.05) is 0 Å². The number of halogens is 3. The summed E-state index contributed by atoms with van der Waals surface area (Å²) in [5.41, 5.74) is -0.285. The molecule has 0 radical (unpaired) electrons. The van der Waals surface area contributed by atoms with Crippen LogP contribution in [-0.4, -0.2) is 46.4 Å². The van der Waals surface area contributed by atoms with Crippen LogP contribution in [0.5, 0.6) is 11.5 Å². The van der Waals surface area contributed by atoms with Gasteiger partial charge in [-0.05, 0) is 19.1 Å². The highest BCUT2D eigenvalue weighted by Gasteiger charge is 2.31. The van der Waals surface area contributed by atoms with Crippen molar-refractivity contribution in [2.45, 2.75) is 13.1 Å². The summed E-state index contributed by atoms with van der Waals surface area (Å²) in [7, 11) is 2.97. The Labute approximate surface area is 209 Å². The highest BCUT2D eigenvalue weighted by molar-refractivity contribution is 5.89. The van der Waals surface area contributed by atoms with Crippen LogP contribution in [0.25, 0.3) is 11.1 Å². The molecule has 0 atom stereocenters. The first-order valence-electron chi connectivity index (χ1n) is 10.5. The molecule has 10 nitrogen and oxygen atoms in total. The number of carbonyl (C=O) groups is 1. The van der Waals surface area contributed by atoms with Gasteiger partial charge in [0.1, 0.15) is 11.5 Å². The smallest absolute Gasteiger partial charge is 0.415 e. The van der Waals surface area contributed by atoms with Crippen molar-refractivity contribution in [3.05, 3.63) is 72.3 Å². The summed E-state index contributed by atoms with van der Waals surface area (Å²) in [5.74, 6) is 5.94. The van der Waals surface area contributed by atoms with Crippen molar-refractivity contribution < 1.29 is 32.5 Å². The van der Waals surface area contributed by atoms with Gasteiger partial charge in [0.2, 0.25) is 5.95 Å². The number of hydrogen-bond donors (Lipinski definition) is 3. The zero-order valence-electron chi connectivity index (χ0n) is 20.0. The van der Waals surface area contributed by atoms with Crippen LogP contribution in [0.3, 0.4) is 0 Å². The lowest BCUT2D eigenvalue weighted by molar-refractivity contribution is -0.0879. The number of alkyl halides is 3. The highest BCUT2D eigenvalue weighted by atomic mass is 19.4. The van der Waals surface area contributed by atoms with E-state index in [2.05, 4.69) is 26.8 Å². The zero-order valence-corrected chi connectivity index (χ0v) is 20.0. The molecule has 4 N–H and O–H groups in total. The van der Waals surface area contributed by atoms with Gasteiger partial charge in [0.15, 0.2) is 5.82 Å². The Morgan fingerprint density at radius 1 is 1.14 bits per heavy atom. The molecule has 0 fully saturated rings. The Morgan fingerprint density at radius 2 is 1.78 bits per heavy atom. The van der Waals surface area contributed by atoms with Crippen LogP contribution in [0.4, 0.5) is 30.6 Å². The minimum absolute atomic E-state index is 0.0274. The van der Waals surface area contributed by atoms with Crippen LogP contribution in [-0.2, 0) is 0 Å². The average Bonchev–Trinajstić information content (AvgIpc) is 2.87. The van der Waals surface area contributed by atoms with Crippen LogP contribution >= 0.6 is 0 Å². The first kappa shape index (κ1) is 26.9. The minimum Gasteiger partial charge on any atom is -0.497 e. The quantitative estimate of drug-likeness (QED) is 0.209. The van der Waals surface area contributed by atoms with Gasteiger partial charge < -0.3 is 19.9 Å². The first-order chi connectivity index (χ1) is 17.4. The minimum atomic E-state index is -4.66. The summed E-state index contributed by atoms with van der Waals surface area (Å²) in [6.07, 6.45) is -0.0455. The van der Waals surface area contributed by atoms with E-state index in [9.17, 15) is 23.1 Å². The number of pyridine rings is 1. The maximum atomic E-state index is 13.0. The number of carboxylic acid groups (broad SMARTS) is 1. The van der Waals surface area contributed by atoms with Crippen LogP contribution < -0.4 is 25.6 Å². The number of methoxy groups -OCH3 is 2. The molecule has 1 aromatic carbocycles. The van der Waals surface area contributed by atoms with Gasteiger partial charge in [-0.2, -0.15) is 18.2 Å². The highest BCUT2D eigenvalue weighted by Crippen LogP contribution is 2.33. The van der Waals surface area contributed by atoms with E-state index in [-0.39, 0.29) is 34.2 Å². The lowest BCUT2D eigenvalue weighted by atomic mass is 10.1. The standard InChI is InChI=1S/C24H23F3N6O4/c1-13(24(25,26)27)5-14(2)33(28)21-20(15-6-16(22(34)35)11-29-10-15)12-30-23(32-21)31-17-7-18(36-3)9-19(8-17)37-4/h5-12H,1,28H2,2-4H3,(H,34,35)(H,30,31,32)/b14-5-. The zero-order chi connectivity index (χ0) is 27.3. The molecule has 194 valence electrons. The normalized spacial score (nSPS) is 11.6. The molecule has 0 amide bonds. The van der Waals surface area contributed by atoms with Crippen molar-refractivity contribution in [3.63, 3.8) is 0 Å². The molecule has 0 saturated heterocycles. The molecule has 0 aliphatic heterocycles. The summed E-state index contributed by atoms with van der Waals surface area (Å²) >= 11 is 0. The number of aromatic carboxylic acids is 1. The Morgan fingerprint density at radius 3 is 2.35 bits per heavy atom. The van der Waals surface area contributed by atoms with Crippen molar-refractivity contribution in [1.29, 1.82) is 0 Å². The monoisotopic (exact) mass is 516 g/mol. The number of nitrogens with zero attached hydrogens (tertiary/aromatic N) is 4. The second-order valence-corrected chi connectivity index (χ2v) is 7.60. The fraction of sp³-hybridized carbons (Fsp3) is 0.167. The summed E-state index contributed by atoms with van der Waals surface area (Å²) in [5, 5.41) is 13.2. The van der Waals surface area contributed by atoms with Crippen LogP contribution in [0.1, 0.15) is 17.3 Å². The summed E-state index contributed by atoms with van der Waals surface area (Å²) in [6.45, 7) is 4.37. The lowest BCUT2D eigenvalue weighted by Crippen LogP contribution is -2.31. The summed E-state index contributed by atoms with van der Waals surface area (Å²) in [4.78, 5) is 24.0. The number of nitrogens with two attached hydrogens (primary N) is 1. The molecule has 37 heavy (non-hydrogen) atoms. The molecule has 2 aromatic heterocycles. The molecule has 3 rings (SSSR count). The van der Waals surface area contributed by atoms with Gasteiger partial charge in [0.05, 0.1) is 25.4 Å². The van der Waals surface area contributed by atoms with E-state index in [0.717, 1.165) is 17.3 Å². The Balaban J connectivity index is 2.11. The molecule has 0 bridgehead atoms. The number of rotatable bonds is 9. The second kappa shape index (κ2) is 11.0. The molecule has 0 spiro atoms. The molecular weight excluding hydrogens is 493 g/mol. The molecule has 13 heteroatoms. The third kappa shape index (κ3) is 6.52. The van der Waals surface area contributed by atoms with Gasteiger partial charge in [-0.3, -0.25) is 9.99 Å². The topological polar surface area (TPSA) is 136 Å². The number of allylic oxidation sites excluding steroid dienone is 3. The number of carboxylic acids is 1. The fourth-order valence-electron chi connectivity index (χ4n) is 3.10. The molecule has 0 unspecified atom stereocenters. The first-order valence-corrected chi connectivity index (χ1v) is 10.5. The predicted octanol–water partition coefficient (Wildman–Crippen LogP) is 4.70. The van der Waals surface area contributed by atoms with Crippen molar-refractivity contribution >= 4 is 23.4 Å². The third-order valence-corrected chi connectivity index (χ3v) is 5.03. The van der Waals surface area contributed by atoms with E-state index >= 15 is 0 Å². The van der Waals surface area contributed by atoms with Crippen molar-refractivity contribution in [1.82, 2.24) is 15.0 Å². The molecule has 0 saturated carbocycles. The number of nitrogens with one attached hydrogen (secondary N) is 1. The second-order valence-electron chi connectivity index (χ2n) is 7.60.